The van der Waals surface area contributed by atoms with Crippen molar-refractivity contribution in [2.75, 3.05) is 33.2 Å². The quantitative estimate of drug-likeness (QED) is 0.829. The summed E-state index contributed by atoms with van der Waals surface area (Å²) in [6.45, 7) is 3.54. The van der Waals surface area contributed by atoms with Crippen molar-refractivity contribution in [3.63, 3.8) is 0 Å². The van der Waals surface area contributed by atoms with Gasteiger partial charge in [-0.3, -0.25) is 9.78 Å². The van der Waals surface area contributed by atoms with Gasteiger partial charge in [0.15, 0.2) is 5.82 Å². The van der Waals surface area contributed by atoms with Crippen molar-refractivity contribution in [2.24, 2.45) is 5.41 Å². The number of pyridine rings is 1. The summed E-state index contributed by atoms with van der Waals surface area (Å²) >= 11 is 0. The van der Waals surface area contributed by atoms with Crippen LogP contribution in [0.5, 0.6) is 0 Å². The molecule has 1 atom stereocenters. The molecule has 7 nitrogen and oxygen atoms in total. The Labute approximate surface area is 158 Å². The van der Waals surface area contributed by atoms with E-state index in [1.165, 1.54) is 12.8 Å². The van der Waals surface area contributed by atoms with Crippen molar-refractivity contribution in [1.82, 2.24) is 24.9 Å². The van der Waals surface area contributed by atoms with E-state index in [1.807, 2.05) is 4.90 Å². The molecule has 0 radical (unpaired) electrons. The maximum atomic E-state index is 12.8. The fourth-order valence-corrected chi connectivity index (χ4v) is 4.80. The Kier molecular flexibility index (Phi) is 4.00. The van der Waals surface area contributed by atoms with Gasteiger partial charge >= 0.3 is 0 Å². The van der Waals surface area contributed by atoms with Gasteiger partial charge in [0.05, 0.1) is 0 Å². The summed E-state index contributed by atoms with van der Waals surface area (Å²) in [5, 5.41) is 4.34. The van der Waals surface area contributed by atoms with E-state index < -0.39 is 0 Å². The van der Waals surface area contributed by atoms with Crippen LogP contribution >= 0.6 is 0 Å². The average molecular weight is 367 g/mol. The molecule has 1 amide bonds. The van der Waals surface area contributed by atoms with Crippen LogP contribution in [0.15, 0.2) is 29.0 Å². The Bertz CT molecular complexity index is 824. The molecule has 1 spiro atoms. The van der Waals surface area contributed by atoms with Crippen molar-refractivity contribution >= 4 is 5.91 Å². The largest absolute Gasteiger partial charge is 0.339 e. The zero-order chi connectivity index (χ0) is 18.4. The van der Waals surface area contributed by atoms with Crippen molar-refractivity contribution in [3.8, 4) is 0 Å². The van der Waals surface area contributed by atoms with Gasteiger partial charge in [0, 0.05) is 56.0 Å². The highest BCUT2D eigenvalue weighted by Gasteiger charge is 2.50. The summed E-state index contributed by atoms with van der Waals surface area (Å²) in [4.78, 5) is 25.8. The van der Waals surface area contributed by atoms with Gasteiger partial charge in [0.25, 0.3) is 5.91 Å². The summed E-state index contributed by atoms with van der Waals surface area (Å²) in [6, 6.07) is 3.58. The lowest BCUT2D eigenvalue weighted by molar-refractivity contribution is 0.0561. The van der Waals surface area contributed by atoms with Crippen LogP contribution in [-0.4, -0.2) is 64.1 Å². The molecule has 3 fully saturated rings. The number of piperidine rings is 1. The highest BCUT2D eigenvalue weighted by atomic mass is 16.5. The third-order valence-electron chi connectivity index (χ3n) is 6.49. The second kappa shape index (κ2) is 6.41. The van der Waals surface area contributed by atoms with E-state index in [9.17, 15) is 4.79 Å². The first kappa shape index (κ1) is 16.9. The molecule has 0 aromatic carbocycles. The van der Waals surface area contributed by atoms with E-state index >= 15 is 0 Å². The number of nitrogens with zero attached hydrogens (tertiary/aromatic N) is 5. The zero-order valence-corrected chi connectivity index (χ0v) is 15.7. The van der Waals surface area contributed by atoms with Crippen LogP contribution in [0.1, 0.15) is 59.6 Å². The van der Waals surface area contributed by atoms with Gasteiger partial charge in [-0.2, -0.15) is 4.98 Å². The Morgan fingerprint density at radius 1 is 1.22 bits per heavy atom. The molecule has 27 heavy (non-hydrogen) atoms. The smallest absolute Gasteiger partial charge is 0.253 e. The Morgan fingerprint density at radius 2 is 1.96 bits per heavy atom. The summed E-state index contributed by atoms with van der Waals surface area (Å²) < 4.78 is 5.54. The first-order valence-corrected chi connectivity index (χ1v) is 9.86. The molecule has 3 aliphatic rings. The van der Waals surface area contributed by atoms with E-state index in [1.54, 1.807) is 24.5 Å². The van der Waals surface area contributed by atoms with Crippen LogP contribution < -0.4 is 0 Å². The third kappa shape index (κ3) is 3.04. The number of amides is 1. The molecular formula is C20H25N5O2. The number of rotatable bonds is 3. The maximum Gasteiger partial charge on any atom is 0.253 e. The number of likely N-dealkylation sites (N-methyl/N-ethyl adjacent to an activating group) is 1. The molecule has 5 rings (SSSR count). The molecule has 2 aliphatic heterocycles. The van der Waals surface area contributed by atoms with E-state index in [-0.39, 0.29) is 17.2 Å². The van der Waals surface area contributed by atoms with Gasteiger partial charge < -0.3 is 14.3 Å². The number of likely N-dealkylation sites (tertiary alicyclic amines) is 2. The molecule has 2 aromatic heterocycles. The van der Waals surface area contributed by atoms with E-state index in [2.05, 4.69) is 22.1 Å². The predicted molar refractivity (Wildman–Crippen MR) is 98.3 cm³/mol. The van der Waals surface area contributed by atoms with E-state index in [0.717, 1.165) is 50.7 Å². The van der Waals surface area contributed by atoms with Crippen LogP contribution in [0.25, 0.3) is 0 Å². The molecule has 4 heterocycles. The molecular weight excluding hydrogens is 342 g/mol. The van der Waals surface area contributed by atoms with Crippen molar-refractivity contribution in [3.05, 3.63) is 41.8 Å². The molecule has 1 aliphatic carbocycles. The SMILES string of the molecule is CN1CC(c2noc(C3CC3)n2)C2(CCN(C(=O)c3ccncc3)CC2)C1. The van der Waals surface area contributed by atoms with Gasteiger partial charge in [-0.25, -0.2) is 0 Å². The summed E-state index contributed by atoms with van der Waals surface area (Å²) in [5.41, 5.74) is 0.849. The molecule has 2 aromatic rings. The van der Waals surface area contributed by atoms with Crippen LogP contribution in [0, 0.1) is 5.41 Å². The molecule has 0 bridgehead atoms. The Morgan fingerprint density at radius 3 is 2.67 bits per heavy atom. The first-order chi connectivity index (χ1) is 13.1. The monoisotopic (exact) mass is 367 g/mol. The molecule has 2 saturated heterocycles. The van der Waals surface area contributed by atoms with Crippen molar-refractivity contribution in [1.29, 1.82) is 0 Å². The van der Waals surface area contributed by atoms with Crippen LogP contribution in [-0.2, 0) is 0 Å². The summed E-state index contributed by atoms with van der Waals surface area (Å²) in [5.74, 6) is 2.57. The van der Waals surface area contributed by atoms with Gasteiger partial charge in [0.2, 0.25) is 5.89 Å². The van der Waals surface area contributed by atoms with Gasteiger partial charge in [0.1, 0.15) is 0 Å². The van der Waals surface area contributed by atoms with Crippen LogP contribution in [0.2, 0.25) is 0 Å². The van der Waals surface area contributed by atoms with Crippen molar-refractivity contribution in [2.45, 2.75) is 37.5 Å². The number of carbonyl (C=O) groups is 1. The lowest BCUT2D eigenvalue weighted by atomic mass is 9.70. The summed E-state index contributed by atoms with van der Waals surface area (Å²) in [7, 11) is 2.16. The Balaban J connectivity index is 1.32. The molecule has 7 heteroatoms. The highest BCUT2D eigenvalue weighted by molar-refractivity contribution is 5.94. The highest BCUT2D eigenvalue weighted by Crippen LogP contribution is 2.49. The van der Waals surface area contributed by atoms with Crippen LogP contribution in [0.4, 0.5) is 0 Å². The van der Waals surface area contributed by atoms with Gasteiger partial charge in [-0.1, -0.05) is 5.16 Å². The minimum atomic E-state index is 0.103. The predicted octanol–water partition coefficient (Wildman–Crippen LogP) is 2.29. The lowest BCUT2D eigenvalue weighted by Gasteiger charge is -2.41. The molecule has 1 saturated carbocycles. The minimum Gasteiger partial charge on any atom is -0.339 e. The lowest BCUT2D eigenvalue weighted by Crippen LogP contribution is -2.46. The van der Waals surface area contributed by atoms with E-state index in [0.29, 0.717) is 11.5 Å². The maximum absolute atomic E-state index is 12.8. The number of carbonyl (C=O) groups excluding carboxylic acids is 1. The number of hydrogen-bond acceptors (Lipinski definition) is 6. The molecule has 0 N–H and O–H groups in total. The van der Waals surface area contributed by atoms with E-state index in [4.69, 9.17) is 9.51 Å². The Hall–Kier alpha value is -2.28. The van der Waals surface area contributed by atoms with Crippen molar-refractivity contribution < 1.29 is 9.32 Å². The minimum absolute atomic E-state index is 0.103. The summed E-state index contributed by atoms with van der Waals surface area (Å²) in [6.07, 6.45) is 7.65. The average Bonchev–Trinajstić information content (AvgIpc) is 3.35. The van der Waals surface area contributed by atoms with Crippen LogP contribution in [0.3, 0.4) is 0 Å². The first-order valence-electron chi connectivity index (χ1n) is 9.86. The number of aromatic nitrogens is 3. The third-order valence-corrected chi connectivity index (χ3v) is 6.49. The second-order valence-electron chi connectivity index (χ2n) is 8.40. The normalized spacial score (nSPS) is 25.2. The van der Waals surface area contributed by atoms with Gasteiger partial charge in [-0.05, 0) is 50.3 Å². The molecule has 1 unspecified atom stereocenters. The fourth-order valence-electron chi connectivity index (χ4n) is 4.80. The standard InChI is InChI=1S/C20H25N5O2/c1-24-12-16(17-22-18(27-23-17)14-2-3-14)20(13-24)6-10-25(11-7-20)19(26)15-4-8-21-9-5-15/h4-5,8-9,14,16H,2-3,6-7,10-13H2,1H3. The topological polar surface area (TPSA) is 75.4 Å². The number of hydrogen-bond donors (Lipinski definition) is 0. The van der Waals surface area contributed by atoms with Gasteiger partial charge in [-0.15, -0.1) is 0 Å². The zero-order valence-electron chi connectivity index (χ0n) is 15.7. The second-order valence-corrected chi connectivity index (χ2v) is 8.40. The molecule has 142 valence electrons. The fraction of sp³-hybridized carbons (Fsp3) is 0.600.